The van der Waals surface area contributed by atoms with Gasteiger partial charge in [0.05, 0.1) is 13.7 Å². The summed E-state index contributed by atoms with van der Waals surface area (Å²) in [5.41, 5.74) is 2.36. The molecular formula is C20H20N2O4S. The van der Waals surface area contributed by atoms with E-state index < -0.39 is 0 Å². The van der Waals surface area contributed by atoms with E-state index in [-0.39, 0.29) is 17.8 Å². The van der Waals surface area contributed by atoms with Crippen LogP contribution in [0, 0.1) is 0 Å². The third-order valence-corrected chi connectivity index (χ3v) is 5.70. The molecule has 0 bridgehead atoms. The Morgan fingerprint density at radius 3 is 2.59 bits per heavy atom. The van der Waals surface area contributed by atoms with Crippen LogP contribution < -0.4 is 4.90 Å². The quantitative estimate of drug-likeness (QED) is 0.601. The molecule has 0 unspecified atom stereocenters. The third-order valence-electron chi connectivity index (χ3n) is 4.56. The number of methoxy groups -OCH3 is 1. The van der Waals surface area contributed by atoms with E-state index in [1.165, 1.54) is 29.4 Å². The van der Waals surface area contributed by atoms with Gasteiger partial charge in [0.2, 0.25) is 5.91 Å². The minimum Gasteiger partial charge on any atom is -0.465 e. The highest BCUT2D eigenvalue weighted by atomic mass is 32.1. The van der Waals surface area contributed by atoms with E-state index in [0.29, 0.717) is 35.6 Å². The van der Waals surface area contributed by atoms with Gasteiger partial charge in [-0.25, -0.2) is 4.79 Å². The molecule has 0 N–H and O–H groups in total. The van der Waals surface area contributed by atoms with Gasteiger partial charge in [0.15, 0.2) is 0 Å². The number of esters is 1. The Morgan fingerprint density at radius 1 is 1.26 bits per heavy atom. The monoisotopic (exact) mass is 384 g/mol. The van der Waals surface area contributed by atoms with E-state index in [0.717, 1.165) is 10.4 Å². The Hall–Kier alpha value is -2.93. The maximum absolute atomic E-state index is 12.8. The van der Waals surface area contributed by atoms with Gasteiger partial charge in [-0.3, -0.25) is 9.59 Å². The fraction of sp³-hybridized carbons (Fsp3) is 0.250. The fourth-order valence-corrected chi connectivity index (χ4v) is 4.11. The zero-order valence-corrected chi connectivity index (χ0v) is 16.0. The first-order valence-electron chi connectivity index (χ1n) is 8.44. The lowest BCUT2D eigenvalue weighted by molar-refractivity contribution is -0.113. The Morgan fingerprint density at radius 2 is 1.96 bits per heavy atom. The number of anilines is 1. The molecule has 2 heterocycles. The number of amides is 2. The van der Waals surface area contributed by atoms with Gasteiger partial charge in [-0.05, 0) is 48.4 Å². The second kappa shape index (κ2) is 7.75. The topological polar surface area (TPSA) is 66.9 Å². The summed E-state index contributed by atoms with van der Waals surface area (Å²) in [7, 11) is 3.02. The van der Waals surface area contributed by atoms with Crippen molar-refractivity contribution in [3.05, 3.63) is 63.9 Å². The van der Waals surface area contributed by atoms with Crippen LogP contribution in [0.25, 0.3) is 0 Å². The van der Waals surface area contributed by atoms with Crippen LogP contribution in [-0.4, -0.2) is 43.4 Å². The van der Waals surface area contributed by atoms with Crippen molar-refractivity contribution in [2.45, 2.75) is 13.0 Å². The molecule has 6 nitrogen and oxygen atoms in total. The second-order valence-corrected chi connectivity index (χ2v) is 7.31. The minimum absolute atomic E-state index is 0.0714. The van der Waals surface area contributed by atoms with Crippen molar-refractivity contribution >= 4 is 34.8 Å². The van der Waals surface area contributed by atoms with E-state index in [1.807, 2.05) is 6.07 Å². The molecule has 2 amide bonds. The van der Waals surface area contributed by atoms with Crippen molar-refractivity contribution in [3.63, 3.8) is 0 Å². The van der Waals surface area contributed by atoms with E-state index in [1.54, 1.807) is 36.2 Å². The van der Waals surface area contributed by atoms with Crippen LogP contribution in [0.4, 0.5) is 5.69 Å². The molecule has 0 saturated carbocycles. The SMILES string of the molecule is C=CC(=O)N(C)c1ccc(C(=O)N2CCc3cc(C(=O)OC)sc3C2)cc1. The summed E-state index contributed by atoms with van der Waals surface area (Å²) in [5, 5.41) is 0. The van der Waals surface area contributed by atoms with Gasteiger partial charge in [-0.15, -0.1) is 11.3 Å². The van der Waals surface area contributed by atoms with E-state index in [2.05, 4.69) is 6.58 Å². The highest BCUT2D eigenvalue weighted by Gasteiger charge is 2.25. The molecule has 140 valence electrons. The average molecular weight is 384 g/mol. The molecule has 0 fully saturated rings. The molecule has 27 heavy (non-hydrogen) atoms. The summed E-state index contributed by atoms with van der Waals surface area (Å²) in [6.07, 6.45) is 1.96. The molecule has 0 atom stereocenters. The number of nitrogens with zero attached hydrogens (tertiary/aromatic N) is 2. The number of likely N-dealkylation sites (N-methyl/N-ethyl adjacent to an activating group) is 1. The number of thiophene rings is 1. The zero-order valence-electron chi connectivity index (χ0n) is 15.2. The van der Waals surface area contributed by atoms with Crippen molar-refractivity contribution in [2.75, 3.05) is 25.6 Å². The largest absolute Gasteiger partial charge is 0.465 e. The summed E-state index contributed by atoms with van der Waals surface area (Å²) in [6.45, 7) is 4.55. The van der Waals surface area contributed by atoms with E-state index >= 15 is 0 Å². The lowest BCUT2D eigenvalue weighted by Crippen LogP contribution is -2.35. The predicted molar refractivity (Wildman–Crippen MR) is 104 cm³/mol. The number of rotatable bonds is 4. The molecule has 1 aliphatic rings. The minimum atomic E-state index is -0.346. The molecule has 0 radical (unpaired) electrons. The molecule has 3 rings (SSSR count). The number of hydrogen-bond donors (Lipinski definition) is 0. The van der Waals surface area contributed by atoms with Crippen LogP contribution in [0.3, 0.4) is 0 Å². The summed E-state index contributed by atoms with van der Waals surface area (Å²) >= 11 is 1.37. The summed E-state index contributed by atoms with van der Waals surface area (Å²) in [6, 6.07) is 8.77. The summed E-state index contributed by atoms with van der Waals surface area (Å²) in [5.74, 6) is -0.629. The van der Waals surface area contributed by atoms with Crippen LogP contribution in [0.15, 0.2) is 43.0 Å². The standard InChI is InChI=1S/C20H20N2O4S/c1-4-18(23)21(2)15-7-5-13(6-8-15)19(24)22-10-9-14-11-16(20(25)26-3)27-17(14)12-22/h4-8,11H,1,9-10,12H2,2-3H3. The van der Waals surface area contributed by atoms with Gasteiger partial charge in [-0.2, -0.15) is 0 Å². The van der Waals surface area contributed by atoms with Crippen LogP contribution in [0.5, 0.6) is 0 Å². The number of fused-ring (bicyclic) bond motifs is 1. The number of benzene rings is 1. The smallest absolute Gasteiger partial charge is 0.348 e. The number of carbonyl (C=O) groups is 3. The van der Waals surface area contributed by atoms with Gasteiger partial charge < -0.3 is 14.5 Å². The van der Waals surface area contributed by atoms with Crippen molar-refractivity contribution < 1.29 is 19.1 Å². The normalized spacial score (nSPS) is 12.9. The van der Waals surface area contributed by atoms with E-state index in [4.69, 9.17) is 4.74 Å². The lowest BCUT2D eigenvalue weighted by Gasteiger charge is -2.27. The van der Waals surface area contributed by atoms with Crippen molar-refractivity contribution in [2.24, 2.45) is 0 Å². The highest BCUT2D eigenvalue weighted by molar-refractivity contribution is 7.14. The molecule has 0 saturated heterocycles. The van der Waals surface area contributed by atoms with Crippen molar-refractivity contribution in [1.82, 2.24) is 4.90 Å². The van der Waals surface area contributed by atoms with Crippen molar-refractivity contribution in [1.29, 1.82) is 0 Å². The molecule has 0 aliphatic carbocycles. The first-order valence-corrected chi connectivity index (χ1v) is 9.25. The summed E-state index contributed by atoms with van der Waals surface area (Å²) < 4.78 is 4.77. The molecule has 0 spiro atoms. The Kier molecular flexibility index (Phi) is 5.41. The number of ether oxygens (including phenoxy) is 1. The van der Waals surface area contributed by atoms with Crippen molar-refractivity contribution in [3.8, 4) is 0 Å². The van der Waals surface area contributed by atoms with Gasteiger partial charge in [0.1, 0.15) is 4.88 Å². The zero-order chi connectivity index (χ0) is 19.6. The van der Waals surface area contributed by atoms with Gasteiger partial charge in [0.25, 0.3) is 5.91 Å². The highest BCUT2D eigenvalue weighted by Crippen LogP contribution is 2.29. The fourth-order valence-electron chi connectivity index (χ4n) is 2.97. The Balaban J connectivity index is 1.73. The predicted octanol–water partition coefficient (Wildman–Crippen LogP) is 2.88. The van der Waals surface area contributed by atoms with Gasteiger partial charge >= 0.3 is 5.97 Å². The average Bonchev–Trinajstić information content (AvgIpc) is 3.14. The first-order chi connectivity index (χ1) is 12.9. The van der Waals surface area contributed by atoms with Crippen LogP contribution >= 0.6 is 11.3 Å². The number of carbonyl (C=O) groups excluding carboxylic acids is 3. The van der Waals surface area contributed by atoms with Crippen LogP contribution in [-0.2, 0) is 22.5 Å². The Labute approximate surface area is 161 Å². The third kappa shape index (κ3) is 3.78. The molecule has 2 aromatic rings. The van der Waals surface area contributed by atoms with Gasteiger partial charge in [-0.1, -0.05) is 6.58 Å². The van der Waals surface area contributed by atoms with Gasteiger partial charge in [0, 0.05) is 29.7 Å². The lowest BCUT2D eigenvalue weighted by atomic mass is 10.1. The molecular weight excluding hydrogens is 364 g/mol. The second-order valence-electron chi connectivity index (χ2n) is 6.18. The molecule has 7 heteroatoms. The molecule has 1 aliphatic heterocycles. The summed E-state index contributed by atoms with van der Waals surface area (Å²) in [4.78, 5) is 41.0. The maximum atomic E-state index is 12.8. The molecule has 1 aromatic heterocycles. The molecule has 1 aromatic carbocycles. The van der Waals surface area contributed by atoms with Crippen LogP contribution in [0.2, 0.25) is 0 Å². The Bertz CT molecular complexity index is 901. The van der Waals surface area contributed by atoms with E-state index in [9.17, 15) is 14.4 Å². The number of hydrogen-bond acceptors (Lipinski definition) is 5. The maximum Gasteiger partial charge on any atom is 0.348 e. The van der Waals surface area contributed by atoms with Crippen LogP contribution in [0.1, 0.15) is 30.5 Å². The first kappa shape index (κ1) is 18.8.